The van der Waals surface area contributed by atoms with Crippen LogP contribution in [0, 0.1) is 0 Å². The first-order chi connectivity index (χ1) is 3.43. The molecule has 3 heteroatoms. The Labute approximate surface area is 47.6 Å². The van der Waals surface area contributed by atoms with Crippen molar-refractivity contribution in [1.29, 1.82) is 0 Å². The first kappa shape index (κ1) is 4.71. The molecule has 0 N–H and O–H groups in total. The van der Waals surface area contributed by atoms with Crippen LogP contribution in [0.2, 0.25) is 0 Å². The number of hydrogen-bond donors (Lipinski definition) is 1. The number of thiol groups is 1. The van der Waals surface area contributed by atoms with Crippen LogP contribution < -0.4 is 0 Å². The maximum Gasteiger partial charge on any atom is 0.0953 e. The van der Waals surface area contributed by atoms with Crippen LogP contribution in [0.5, 0.6) is 0 Å². The van der Waals surface area contributed by atoms with Gasteiger partial charge in [0.15, 0.2) is 0 Å². The van der Waals surface area contributed by atoms with Crippen molar-refractivity contribution in [2.45, 2.75) is 5.88 Å². The molecule has 0 aliphatic heterocycles. The van der Waals surface area contributed by atoms with Gasteiger partial charge in [-0.15, -0.1) is 0 Å². The lowest BCUT2D eigenvalue weighted by atomic mass is 10.9. The third-order valence-electron chi connectivity index (χ3n) is 0.722. The molecule has 0 saturated carbocycles. The minimum Gasteiger partial charge on any atom is -0.328 e. The summed E-state index contributed by atoms with van der Waals surface area (Å²) in [6.45, 7) is 0. The summed E-state index contributed by atoms with van der Waals surface area (Å²) in [5, 5.41) is 0. The zero-order valence-corrected chi connectivity index (χ0v) is 4.68. The Morgan fingerprint density at radius 3 is 2.86 bits per heavy atom. The van der Waals surface area contributed by atoms with Crippen molar-refractivity contribution in [1.82, 2.24) is 9.55 Å². The Balaban J connectivity index is 2.76. The van der Waals surface area contributed by atoms with Crippen molar-refractivity contribution in [2.24, 2.45) is 0 Å². The van der Waals surface area contributed by atoms with Crippen LogP contribution in [0.3, 0.4) is 0 Å². The Morgan fingerprint density at radius 1 is 1.71 bits per heavy atom. The third-order valence-corrected chi connectivity index (χ3v) is 1.05. The highest BCUT2D eigenvalue weighted by molar-refractivity contribution is 7.79. The molecule has 38 valence electrons. The third kappa shape index (κ3) is 0.962. The highest BCUT2D eigenvalue weighted by Gasteiger charge is 1.77. The van der Waals surface area contributed by atoms with Crippen LogP contribution in [0.25, 0.3) is 0 Å². The summed E-state index contributed by atoms with van der Waals surface area (Å²) in [5.41, 5.74) is 0. The molecule has 0 unspecified atom stereocenters. The van der Waals surface area contributed by atoms with Gasteiger partial charge in [0.2, 0.25) is 0 Å². The van der Waals surface area contributed by atoms with E-state index < -0.39 is 0 Å². The summed E-state index contributed by atoms with van der Waals surface area (Å²) >= 11 is 4.00. The maximum atomic E-state index is 4.00. The van der Waals surface area contributed by atoms with Gasteiger partial charge in [0.25, 0.3) is 0 Å². The molecule has 1 rings (SSSR count). The van der Waals surface area contributed by atoms with Gasteiger partial charge in [-0.3, -0.25) is 0 Å². The predicted octanol–water partition coefficient (Wildman–Crippen LogP) is 0.770. The average molecular weight is 114 g/mol. The van der Waals surface area contributed by atoms with Crippen LogP contribution in [-0.2, 0) is 5.88 Å². The molecule has 0 fully saturated rings. The molecule has 0 aliphatic carbocycles. The van der Waals surface area contributed by atoms with Crippen molar-refractivity contribution in [2.75, 3.05) is 0 Å². The van der Waals surface area contributed by atoms with E-state index in [1.807, 2.05) is 10.8 Å². The van der Waals surface area contributed by atoms with E-state index in [4.69, 9.17) is 0 Å². The van der Waals surface area contributed by atoms with Gasteiger partial charge in [0.05, 0.1) is 12.2 Å². The van der Waals surface area contributed by atoms with E-state index in [0.717, 1.165) is 0 Å². The van der Waals surface area contributed by atoms with Gasteiger partial charge in [-0.1, -0.05) is 0 Å². The Hall–Kier alpha value is -0.440. The van der Waals surface area contributed by atoms with Crippen LogP contribution in [0.4, 0.5) is 0 Å². The average Bonchev–Trinajstić information content (AvgIpc) is 2.14. The zero-order chi connectivity index (χ0) is 5.11. The zero-order valence-electron chi connectivity index (χ0n) is 3.78. The summed E-state index contributed by atoms with van der Waals surface area (Å²) in [7, 11) is 0. The number of nitrogens with zero attached hydrogens (tertiary/aromatic N) is 2. The van der Waals surface area contributed by atoms with Crippen LogP contribution in [-0.4, -0.2) is 9.55 Å². The lowest BCUT2D eigenvalue weighted by molar-refractivity contribution is 0.895. The molecule has 0 bridgehead atoms. The van der Waals surface area contributed by atoms with E-state index in [2.05, 4.69) is 17.6 Å². The summed E-state index contributed by atoms with van der Waals surface area (Å²) in [4.78, 5) is 3.81. The van der Waals surface area contributed by atoms with Crippen molar-refractivity contribution >= 4 is 12.6 Å². The molecule has 0 aliphatic rings. The molecule has 1 aromatic rings. The fourth-order valence-corrected chi connectivity index (χ4v) is 0.538. The van der Waals surface area contributed by atoms with Crippen LogP contribution >= 0.6 is 12.6 Å². The number of rotatable bonds is 1. The van der Waals surface area contributed by atoms with Crippen LogP contribution in [0.1, 0.15) is 0 Å². The molecular weight excluding hydrogens is 108 g/mol. The number of hydrogen-bond acceptors (Lipinski definition) is 2. The largest absolute Gasteiger partial charge is 0.328 e. The van der Waals surface area contributed by atoms with E-state index in [-0.39, 0.29) is 0 Å². The lowest BCUT2D eigenvalue weighted by Gasteiger charge is -1.87. The number of imidazole rings is 1. The van der Waals surface area contributed by atoms with E-state index in [0.29, 0.717) is 5.88 Å². The molecule has 0 amide bonds. The fraction of sp³-hybridized carbons (Fsp3) is 0.250. The van der Waals surface area contributed by atoms with Crippen molar-refractivity contribution < 1.29 is 0 Å². The molecule has 2 nitrogen and oxygen atoms in total. The molecule has 1 heterocycles. The summed E-state index contributed by atoms with van der Waals surface area (Å²) in [6, 6.07) is 0. The molecule has 0 atom stereocenters. The monoisotopic (exact) mass is 114 g/mol. The van der Waals surface area contributed by atoms with E-state index in [1.165, 1.54) is 0 Å². The quantitative estimate of drug-likeness (QED) is 0.534. The standard InChI is InChI=1S/C4H6N2S/c7-4-6-2-1-5-3-6/h1-3,7H,4H2. The van der Waals surface area contributed by atoms with Crippen LogP contribution in [0.15, 0.2) is 18.7 Å². The van der Waals surface area contributed by atoms with Gasteiger partial charge in [0.1, 0.15) is 0 Å². The first-order valence-corrected chi connectivity index (χ1v) is 2.63. The lowest BCUT2D eigenvalue weighted by Crippen LogP contribution is -1.83. The highest BCUT2D eigenvalue weighted by Crippen LogP contribution is 1.85. The number of aromatic nitrogens is 2. The first-order valence-electron chi connectivity index (χ1n) is 2.00. The van der Waals surface area contributed by atoms with Gasteiger partial charge >= 0.3 is 0 Å². The molecule has 0 aromatic carbocycles. The second-order valence-electron chi connectivity index (χ2n) is 1.22. The minimum absolute atomic E-state index is 0.708. The molecule has 7 heavy (non-hydrogen) atoms. The SMILES string of the molecule is SCn1ccnc1. The summed E-state index contributed by atoms with van der Waals surface area (Å²) in [6.07, 6.45) is 5.33. The van der Waals surface area contributed by atoms with Crippen molar-refractivity contribution in [3.8, 4) is 0 Å². The Kier molecular flexibility index (Phi) is 1.36. The van der Waals surface area contributed by atoms with Gasteiger partial charge in [-0.2, -0.15) is 12.6 Å². The molecule has 0 saturated heterocycles. The predicted molar refractivity (Wildman–Crippen MR) is 31.2 cm³/mol. The Morgan fingerprint density at radius 2 is 2.57 bits per heavy atom. The van der Waals surface area contributed by atoms with Crippen molar-refractivity contribution in [3.63, 3.8) is 0 Å². The summed E-state index contributed by atoms with van der Waals surface area (Å²) < 4.78 is 1.88. The van der Waals surface area contributed by atoms with E-state index in [9.17, 15) is 0 Å². The smallest absolute Gasteiger partial charge is 0.0953 e. The van der Waals surface area contributed by atoms with Gasteiger partial charge in [0, 0.05) is 12.4 Å². The topological polar surface area (TPSA) is 17.8 Å². The Bertz CT molecular complexity index is 124. The molecule has 0 radical (unpaired) electrons. The molecular formula is C4H6N2S. The second-order valence-corrected chi connectivity index (χ2v) is 1.50. The molecule has 0 spiro atoms. The normalized spacial score (nSPS) is 9.29. The minimum atomic E-state index is 0.708. The van der Waals surface area contributed by atoms with E-state index in [1.54, 1.807) is 12.5 Å². The van der Waals surface area contributed by atoms with E-state index >= 15 is 0 Å². The van der Waals surface area contributed by atoms with Crippen molar-refractivity contribution in [3.05, 3.63) is 18.7 Å². The molecule has 1 aromatic heterocycles. The maximum absolute atomic E-state index is 4.00. The highest BCUT2D eigenvalue weighted by atomic mass is 32.1. The van der Waals surface area contributed by atoms with Gasteiger partial charge < -0.3 is 4.57 Å². The fourth-order valence-electron chi connectivity index (χ4n) is 0.370. The van der Waals surface area contributed by atoms with Gasteiger partial charge in [-0.25, -0.2) is 4.98 Å². The van der Waals surface area contributed by atoms with Gasteiger partial charge in [-0.05, 0) is 0 Å². The summed E-state index contributed by atoms with van der Waals surface area (Å²) in [5.74, 6) is 0.708. The second kappa shape index (κ2) is 2.02.